The van der Waals surface area contributed by atoms with Crippen LogP contribution in [0.1, 0.15) is 28.9 Å². The quantitative estimate of drug-likeness (QED) is 0.388. The number of carbonyl (C=O) groups is 2. The second kappa shape index (κ2) is 11.2. The zero-order chi connectivity index (χ0) is 25.6. The summed E-state index contributed by atoms with van der Waals surface area (Å²) in [6.07, 6.45) is 7.23. The van der Waals surface area contributed by atoms with Crippen molar-refractivity contribution in [3.05, 3.63) is 84.4 Å². The highest BCUT2D eigenvalue weighted by atomic mass is 16.2. The fourth-order valence-corrected chi connectivity index (χ4v) is 4.56. The average Bonchev–Trinajstić information content (AvgIpc) is 3.60. The predicted octanol–water partition coefficient (Wildman–Crippen LogP) is 3.61. The van der Waals surface area contributed by atoms with Gasteiger partial charge in [-0.15, -0.1) is 0 Å². The molecule has 37 heavy (non-hydrogen) atoms. The van der Waals surface area contributed by atoms with E-state index in [1.807, 2.05) is 64.2 Å². The van der Waals surface area contributed by atoms with E-state index >= 15 is 0 Å². The number of aromatic amines is 1. The first kappa shape index (κ1) is 24.5. The monoisotopic (exact) mass is 497 g/mol. The topological polar surface area (TPSA) is 99.1 Å². The van der Waals surface area contributed by atoms with Gasteiger partial charge in [-0.2, -0.15) is 5.10 Å². The number of anilines is 1. The summed E-state index contributed by atoms with van der Waals surface area (Å²) in [5, 5.41) is 9.82. The molecule has 0 aliphatic carbocycles. The summed E-state index contributed by atoms with van der Waals surface area (Å²) in [6, 6.07) is 17.2. The SMILES string of the molecule is CN1CCN(C(=O)CCCc2cn(-c3ccccc3)c(NC(=O)c3ccccc3-c3cn[nH]c3)n2)CC1. The van der Waals surface area contributed by atoms with Crippen molar-refractivity contribution in [2.24, 2.45) is 0 Å². The molecule has 2 aromatic carbocycles. The number of benzene rings is 2. The van der Waals surface area contributed by atoms with Crippen LogP contribution in [0.5, 0.6) is 0 Å². The molecule has 2 aromatic heterocycles. The van der Waals surface area contributed by atoms with Crippen LogP contribution < -0.4 is 5.32 Å². The first-order valence-corrected chi connectivity index (χ1v) is 12.6. The van der Waals surface area contributed by atoms with Gasteiger partial charge in [0.25, 0.3) is 5.91 Å². The fourth-order valence-electron chi connectivity index (χ4n) is 4.56. The summed E-state index contributed by atoms with van der Waals surface area (Å²) in [7, 11) is 2.08. The van der Waals surface area contributed by atoms with Gasteiger partial charge in [0.2, 0.25) is 11.9 Å². The molecule has 0 bridgehead atoms. The normalized spacial score (nSPS) is 14.0. The molecule has 0 radical (unpaired) electrons. The molecule has 0 saturated carbocycles. The molecule has 0 spiro atoms. The number of hydrogen-bond acceptors (Lipinski definition) is 5. The van der Waals surface area contributed by atoms with Crippen molar-refractivity contribution in [2.75, 3.05) is 38.5 Å². The van der Waals surface area contributed by atoms with E-state index in [4.69, 9.17) is 4.98 Å². The molecule has 4 aromatic rings. The first-order chi connectivity index (χ1) is 18.1. The maximum absolute atomic E-state index is 13.4. The Kier molecular flexibility index (Phi) is 7.41. The number of nitrogens with zero attached hydrogens (tertiary/aromatic N) is 5. The highest BCUT2D eigenvalue weighted by Crippen LogP contribution is 2.24. The van der Waals surface area contributed by atoms with E-state index in [0.29, 0.717) is 30.8 Å². The Hall–Kier alpha value is -4.24. The van der Waals surface area contributed by atoms with Crippen LogP contribution in [0.4, 0.5) is 5.95 Å². The second-order valence-electron chi connectivity index (χ2n) is 9.29. The molecule has 9 heteroatoms. The summed E-state index contributed by atoms with van der Waals surface area (Å²) in [5.41, 5.74) is 3.88. The van der Waals surface area contributed by atoms with E-state index in [1.54, 1.807) is 18.5 Å². The fraction of sp³-hybridized carbons (Fsp3) is 0.286. The summed E-state index contributed by atoms with van der Waals surface area (Å²) in [5.74, 6) is 0.384. The van der Waals surface area contributed by atoms with Gasteiger partial charge < -0.3 is 9.80 Å². The number of imidazole rings is 1. The van der Waals surface area contributed by atoms with Crippen molar-refractivity contribution < 1.29 is 9.59 Å². The Morgan fingerprint density at radius 3 is 2.51 bits per heavy atom. The zero-order valence-corrected chi connectivity index (χ0v) is 20.9. The molecular weight excluding hydrogens is 466 g/mol. The number of aryl methyl sites for hydroxylation is 1. The molecule has 3 heterocycles. The maximum Gasteiger partial charge on any atom is 0.258 e. The van der Waals surface area contributed by atoms with Crippen molar-refractivity contribution in [1.29, 1.82) is 0 Å². The standard InChI is InChI=1S/C28H31N7O2/c1-33-14-16-34(17-15-33)26(36)13-7-8-22-20-35(23-9-3-2-4-10-23)28(31-22)32-27(37)25-12-6-5-11-24(25)21-18-29-30-19-21/h2-6,9-12,18-20H,7-8,13-17H2,1H3,(H,29,30)(H,31,32,37). The minimum absolute atomic E-state index is 0.194. The minimum Gasteiger partial charge on any atom is -0.340 e. The van der Waals surface area contributed by atoms with E-state index in [2.05, 4.69) is 27.5 Å². The van der Waals surface area contributed by atoms with Crippen LogP contribution in [0, 0.1) is 0 Å². The van der Waals surface area contributed by atoms with Gasteiger partial charge in [0, 0.05) is 61.8 Å². The number of carbonyl (C=O) groups excluding carboxylic acids is 2. The van der Waals surface area contributed by atoms with Crippen molar-refractivity contribution in [2.45, 2.75) is 19.3 Å². The molecule has 0 unspecified atom stereocenters. The molecule has 5 rings (SSSR count). The lowest BCUT2D eigenvalue weighted by molar-refractivity contribution is -0.132. The number of hydrogen-bond donors (Lipinski definition) is 2. The lowest BCUT2D eigenvalue weighted by Gasteiger charge is -2.32. The summed E-state index contributed by atoms with van der Waals surface area (Å²) >= 11 is 0. The molecule has 1 aliphatic rings. The number of nitrogens with one attached hydrogen (secondary N) is 2. The molecule has 1 aliphatic heterocycles. The van der Waals surface area contributed by atoms with Crippen molar-refractivity contribution in [3.63, 3.8) is 0 Å². The highest BCUT2D eigenvalue weighted by Gasteiger charge is 2.20. The average molecular weight is 498 g/mol. The van der Waals surface area contributed by atoms with E-state index < -0.39 is 0 Å². The van der Waals surface area contributed by atoms with Crippen LogP contribution in [0.15, 0.2) is 73.2 Å². The van der Waals surface area contributed by atoms with Gasteiger partial charge in [-0.1, -0.05) is 36.4 Å². The van der Waals surface area contributed by atoms with Crippen LogP contribution in [-0.4, -0.2) is 74.6 Å². The second-order valence-corrected chi connectivity index (χ2v) is 9.29. The number of aromatic nitrogens is 4. The van der Waals surface area contributed by atoms with Crippen LogP contribution >= 0.6 is 0 Å². The molecule has 9 nitrogen and oxygen atoms in total. The van der Waals surface area contributed by atoms with Crippen LogP contribution in [0.25, 0.3) is 16.8 Å². The molecule has 2 N–H and O–H groups in total. The summed E-state index contributed by atoms with van der Waals surface area (Å²) < 4.78 is 1.88. The van der Waals surface area contributed by atoms with Gasteiger partial charge in [-0.05, 0) is 43.7 Å². The zero-order valence-electron chi connectivity index (χ0n) is 20.9. The number of piperazine rings is 1. The van der Waals surface area contributed by atoms with E-state index in [0.717, 1.165) is 48.7 Å². The van der Waals surface area contributed by atoms with Gasteiger partial charge in [-0.3, -0.25) is 24.6 Å². The molecule has 2 amide bonds. The highest BCUT2D eigenvalue weighted by molar-refractivity contribution is 6.08. The Morgan fingerprint density at radius 1 is 1.00 bits per heavy atom. The van der Waals surface area contributed by atoms with Gasteiger partial charge >= 0.3 is 0 Å². The third kappa shape index (κ3) is 5.78. The molecular formula is C28H31N7O2. The number of para-hydroxylation sites is 1. The first-order valence-electron chi connectivity index (χ1n) is 12.6. The third-order valence-electron chi connectivity index (χ3n) is 6.68. The van der Waals surface area contributed by atoms with Gasteiger partial charge in [-0.25, -0.2) is 4.98 Å². The Labute approximate surface area is 216 Å². The van der Waals surface area contributed by atoms with Gasteiger partial charge in [0.1, 0.15) is 0 Å². The van der Waals surface area contributed by atoms with Crippen molar-refractivity contribution in [1.82, 2.24) is 29.5 Å². The number of amides is 2. The Morgan fingerprint density at radius 2 is 1.76 bits per heavy atom. The molecule has 1 fully saturated rings. The predicted molar refractivity (Wildman–Crippen MR) is 143 cm³/mol. The number of likely N-dealkylation sites (N-methyl/N-ethyl adjacent to an activating group) is 1. The maximum atomic E-state index is 13.4. The number of rotatable bonds is 8. The molecule has 1 saturated heterocycles. The Bertz CT molecular complexity index is 1340. The summed E-state index contributed by atoms with van der Waals surface area (Å²) in [6.45, 7) is 3.41. The van der Waals surface area contributed by atoms with E-state index in [-0.39, 0.29) is 11.8 Å². The smallest absolute Gasteiger partial charge is 0.258 e. The summed E-state index contributed by atoms with van der Waals surface area (Å²) in [4.78, 5) is 34.9. The van der Waals surface area contributed by atoms with Crippen LogP contribution in [0.2, 0.25) is 0 Å². The van der Waals surface area contributed by atoms with Gasteiger partial charge in [0.15, 0.2) is 0 Å². The lowest BCUT2D eigenvalue weighted by Crippen LogP contribution is -2.47. The van der Waals surface area contributed by atoms with E-state index in [9.17, 15) is 9.59 Å². The van der Waals surface area contributed by atoms with E-state index in [1.165, 1.54) is 0 Å². The Balaban J connectivity index is 1.32. The lowest BCUT2D eigenvalue weighted by atomic mass is 10.0. The molecule has 190 valence electrons. The van der Waals surface area contributed by atoms with Crippen LogP contribution in [-0.2, 0) is 11.2 Å². The van der Waals surface area contributed by atoms with Crippen LogP contribution in [0.3, 0.4) is 0 Å². The largest absolute Gasteiger partial charge is 0.340 e. The van der Waals surface area contributed by atoms with Crippen molar-refractivity contribution >= 4 is 17.8 Å². The third-order valence-corrected chi connectivity index (χ3v) is 6.68. The molecule has 0 atom stereocenters. The van der Waals surface area contributed by atoms with Gasteiger partial charge in [0.05, 0.1) is 11.9 Å². The van der Waals surface area contributed by atoms with Crippen molar-refractivity contribution in [3.8, 4) is 16.8 Å². The minimum atomic E-state index is -0.253. The number of H-pyrrole nitrogens is 1.